The first kappa shape index (κ1) is 14.4. The molecule has 0 bridgehead atoms. The SMILES string of the molecule is Nc1ccc(SCCS(=O)(=O)N2CC=CCC2)cc1. The first-order chi connectivity index (χ1) is 9.08. The first-order valence-corrected chi connectivity index (χ1v) is 8.78. The summed E-state index contributed by atoms with van der Waals surface area (Å²) in [7, 11) is -3.13. The van der Waals surface area contributed by atoms with E-state index in [1.807, 2.05) is 36.4 Å². The van der Waals surface area contributed by atoms with Crippen molar-refractivity contribution in [2.45, 2.75) is 11.3 Å². The molecule has 0 aromatic heterocycles. The van der Waals surface area contributed by atoms with Crippen LogP contribution in [-0.4, -0.2) is 37.3 Å². The molecule has 0 radical (unpaired) electrons. The third kappa shape index (κ3) is 4.26. The molecule has 0 fully saturated rings. The summed E-state index contributed by atoms with van der Waals surface area (Å²) in [6.07, 6.45) is 4.74. The van der Waals surface area contributed by atoms with Crippen LogP contribution in [0.2, 0.25) is 0 Å². The van der Waals surface area contributed by atoms with E-state index in [4.69, 9.17) is 5.73 Å². The average molecular weight is 298 g/mol. The Labute approximate surface area is 118 Å². The van der Waals surface area contributed by atoms with Crippen molar-refractivity contribution in [3.8, 4) is 0 Å². The molecule has 19 heavy (non-hydrogen) atoms. The fourth-order valence-corrected chi connectivity index (χ4v) is 4.53. The fourth-order valence-electron chi connectivity index (χ4n) is 1.83. The predicted octanol–water partition coefficient (Wildman–Crippen LogP) is 1.95. The second-order valence-electron chi connectivity index (χ2n) is 4.35. The van der Waals surface area contributed by atoms with Gasteiger partial charge >= 0.3 is 0 Å². The van der Waals surface area contributed by atoms with Crippen LogP contribution >= 0.6 is 11.8 Å². The summed E-state index contributed by atoms with van der Waals surface area (Å²) in [6.45, 7) is 1.11. The Bertz CT molecular complexity index is 538. The summed E-state index contributed by atoms with van der Waals surface area (Å²) in [5.74, 6) is 0.738. The quantitative estimate of drug-likeness (QED) is 0.513. The summed E-state index contributed by atoms with van der Waals surface area (Å²) in [4.78, 5) is 1.04. The second-order valence-corrected chi connectivity index (χ2v) is 7.61. The number of benzene rings is 1. The van der Waals surface area contributed by atoms with Crippen LogP contribution in [0.3, 0.4) is 0 Å². The summed E-state index contributed by atoms with van der Waals surface area (Å²) >= 11 is 1.54. The Morgan fingerprint density at radius 3 is 2.58 bits per heavy atom. The van der Waals surface area contributed by atoms with Gasteiger partial charge in [0.2, 0.25) is 10.0 Å². The molecule has 1 heterocycles. The van der Waals surface area contributed by atoms with Crippen LogP contribution in [-0.2, 0) is 10.0 Å². The maximum Gasteiger partial charge on any atom is 0.215 e. The maximum absolute atomic E-state index is 12.1. The number of thioether (sulfide) groups is 1. The molecular weight excluding hydrogens is 280 g/mol. The maximum atomic E-state index is 12.1. The smallest absolute Gasteiger partial charge is 0.215 e. The number of rotatable bonds is 5. The number of nitrogen functional groups attached to an aromatic ring is 1. The average Bonchev–Trinajstić information content (AvgIpc) is 2.42. The largest absolute Gasteiger partial charge is 0.399 e. The molecule has 1 aliphatic heterocycles. The molecule has 6 heteroatoms. The van der Waals surface area contributed by atoms with E-state index in [0.29, 0.717) is 18.8 Å². The van der Waals surface area contributed by atoms with Crippen molar-refractivity contribution < 1.29 is 8.42 Å². The second kappa shape index (κ2) is 6.45. The van der Waals surface area contributed by atoms with E-state index in [-0.39, 0.29) is 5.75 Å². The third-order valence-corrected chi connectivity index (χ3v) is 6.02. The Balaban J connectivity index is 1.84. The zero-order chi connectivity index (χ0) is 13.7. The molecule has 1 aliphatic rings. The minimum atomic E-state index is -3.13. The standard InChI is InChI=1S/C13H18N2O2S2/c14-12-4-6-13(7-5-12)18-10-11-19(16,17)15-8-2-1-3-9-15/h1-2,4-7H,3,8-11,14H2. The number of nitrogens with two attached hydrogens (primary N) is 1. The summed E-state index contributed by atoms with van der Waals surface area (Å²) < 4.78 is 25.7. The molecule has 0 amide bonds. The van der Waals surface area contributed by atoms with Crippen molar-refractivity contribution in [1.82, 2.24) is 4.31 Å². The van der Waals surface area contributed by atoms with E-state index in [2.05, 4.69) is 0 Å². The van der Waals surface area contributed by atoms with Crippen LogP contribution in [0, 0.1) is 0 Å². The molecular formula is C13H18N2O2S2. The normalized spacial score (nSPS) is 16.6. The molecule has 0 saturated heterocycles. The van der Waals surface area contributed by atoms with Gasteiger partial charge in [-0.3, -0.25) is 0 Å². The van der Waals surface area contributed by atoms with Gasteiger partial charge < -0.3 is 5.73 Å². The number of nitrogens with zero attached hydrogens (tertiary/aromatic N) is 1. The third-order valence-electron chi connectivity index (χ3n) is 2.90. The van der Waals surface area contributed by atoms with Crippen molar-refractivity contribution in [1.29, 1.82) is 0 Å². The Morgan fingerprint density at radius 2 is 1.95 bits per heavy atom. The summed E-state index contributed by atoms with van der Waals surface area (Å²) in [5, 5.41) is 0. The molecule has 1 aromatic carbocycles. The van der Waals surface area contributed by atoms with Crippen molar-refractivity contribution in [2.75, 3.05) is 30.3 Å². The van der Waals surface area contributed by atoms with Gasteiger partial charge in [0.15, 0.2) is 0 Å². The molecule has 2 rings (SSSR count). The van der Waals surface area contributed by atoms with E-state index >= 15 is 0 Å². The topological polar surface area (TPSA) is 63.4 Å². The number of anilines is 1. The van der Waals surface area contributed by atoms with E-state index in [1.165, 1.54) is 0 Å². The zero-order valence-corrected chi connectivity index (χ0v) is 12.3. The molecule has 104 valence electrons. The van der Waals surface area contributed by atoms with E-state index < -0.39 is 10.0 Å². The molecule has 0 unspecified atom stereocenters. The van der Waals surface area contributed by atoms with Gasteiger partial charge in [0.25, 0.3) is 0 Å². The highest BCUT2D eigenvalue weighted by molar-refractivity contribution is 8.00. The van der Waals surface area contributed by atoms with Gasteiger partial charge in [-0.05, 0) is 30.7 Å². The lowest BCUT2D eigenvalue weighted by Gasteiger charge is -2.22. The molecule has 0 aliphatic carbocycles. The molecule has 1 aromatic rings. The number of sulfonamides is 1. The fraction of sp³-hybridized carbons (Fsp3) is 0.385. The molecule has 0 atom stereocenters. The molecule has 2 N–H and O–H groups in total. The Morgan fingerprint density at radius 1 is 1.21 bits per heavy atom. The summed E-state index contributed by atoms with van der Waals surface area (Å²) in [6, 6.07) is 7.48. The highest BCUT2D eigenvalue weighted by Crippen LogP contribution is 2.20. The van der Waals surface area contributed by atoms with Crippen LogP contribution < -0.4 is 5.73 Å². The lowest BCUT2D eigenvalue weighted by Crippen LogP contribution is -2.36. The van der Waals surface area contributed by atoms with E-state index in [0.717, 1.165) is 17.0 Å². The van der Waals surface area contributed by atoms with Gasteiger partial charge in [-0.2, -0.15) is 4.31 Å². The lowest BCUT2D eigenvalue weighted by molar-refractivity contribution is 0.439. The van der Waals surface area contributed by atoms with Crippen LogP contribution in [0.4, 0.5) is 5.69 Å². The van der Waals surface area contributed by atoms with Gasteiger partial charge in [0.1, 0.15) is 0 Å². The highest BCUT2D eigenvalue weighted by atomic mass is 32.2. The highest BCUT2D eigenvalue weighted by Gasteiger charge is 2.21. The molecule has 4 nitrogen and oxygen atoms in total. The van der Waals surface area contributed by atoms with Gasteiger partial charge in [-0.25, -0.2) is 8.42 Å². The van der Waals surface area contributed by atoms with Crippen LogP contribution in [0.1, 0.15) is 6.42 Å². The van der Waals surface area contributed by atoms with E-state index in [9.17, 15) is 8.42 Å². The van der Waals surface area contributed by atoms with E-state index in [1.54, 1.807) is 16.1 Å². The number of hydrogen-bond acceptors (Lipinski definition) is 4. The van der Waals surface area contributed by atoms with Crippen LogP contribution in [0.15, 0.2) is 41.3 Å². The van der Waals surface area contributed by atoms with Gasteiger partial charge in [-0.1, -0.05) is 12.2 Å². The zero-order valence-electron chi connectivity index (χ0n) is 10.7. The lowest BCUT2D eigenvalue weighted by atomic mass is 10.3. The first-order valence-electron chi connectivity index (χ1n) is 6.19. The Kier molecular flexibility index (Phi) is 4.90. The van der Waals surface area contributed by atoms with Gasteiger partial charge in [0, 0.05) is 29.4 Å². The minimum Gasteiger partial charge on any atom is -0.399 e. The summed E-state index contributed by atoms with van der Waals surface area (Å²) in [5.41, 5.74) is 6.32. The molecule has 0 saturated carbocycles. The van der Waals surface area contributed by atoms with Crippen molar-refractivity contribution >= 4 is 27.5 Å². The predicted molar refractivity (Wildman–Crippen MR) is 80.7 cm³/mol. The molecule has 0 spiro atoms. The minimum absolute atomic E-state index is 0.176. The van der Waals surface area contributed by atoms with Gasteiger partial charge in [0.05, 0.1) is 5.75 Å². The monoisotopic (exact) mass is 298 g/mol. The van der Waals surface area contributed by atoms with Crippen molar-refractivity contribution in [3.63, 3.8) is 0 Å². The van der Waals surface area contributed by atoms with Crippen molar-refractivity contribution in [3.05, 3.63) is 36.4 Å². The van der Waals surface area contributed by atoms with Gasteiger partial charge in [-0.15, -0.1) is 11.8 Å². The van der Waals surface area contributed by atoms with Crippen LogP contribution in [0.5, 0.6) is 0 Å². The number of hydrogen-bond donors (Lipinski definition) is 1. The Hall–Kier alpha value is -0.980. The van der Waals surface area contributed by atoms with Crippen LogP contribution in [0.25, 0.3) is 0 Å². The van der Waals surface area contributed by atoms with Crippen molar-refractivity contribution in [2.24, 2.45) is 0 Å².